The third kappa shape index (κ3) is 3.27. The summed E-state index contributed by atoms with van der Waals surface area (Å²) in [6.07, 6.45) is 1.94. The smallest absolute Gasteiger partial charge is 0.165 e. The Labute approximate surface area is 128 Å². The molecule has 1 N–H and O–H groups in total. The molecule has 1 aromatic carbocycles. The lowest BCUT2D eigenvalue weighted by atomic mass is 10.1. The molecule has 0 saturated carbocycles. The molecule has 0 atom stereocenters. The molecule has 0 bridgehead atoms. The van der Waals surface area contributed by atoms with E-state index in [-0.39, 0.29) is 0 Å². The van der Waals surface area contributed by atoms with Crippen molar-refractivity contribution in [2.45, 2.75) is 12.8 Å². The van der Waals surface area contributed by atoms with Gasteiger partial charge in [0.2, 0.25) is 0 Å². The summed E-state index contributed by atoms with van der Waals surface area (Å²) in [5, 5.41) is 3.39. The molecule has 3 rings (SSSR count). The number of rotatable bonds is 3. The van der Waals surface area contributed by atoms with Gasteiger partial charge >= 0.3 is 0 Å². The summed E-state index contributed by atoms with van der Waals surface area (Å²) in [7, 11) is 0. The average molecular weight is 341 g/mol. The predicted octanol–water partition coefficient (Wildman–Crippen LogP) is 2.06. The second kappa shape index (κ2) is 6.78. The Hall–Kier alpha value is -0.780. The van der Waals surface area contributed by atoms with Crippen LogP contribution in [0.15, 0.2) is 16.6 Å². The molecule has 0 amide bonds. The highest BCUT2D eigenvalue weighted by atomic mass is 79.9. The van der Waals surface area contributed by atoms with Crippen LogP contribution in [0.5, 0.6) is 11.5 Å². The first-order chi connectivity index (χ1) is 9.84. The average Bonchev–Trinajstić information content (AvgIpc) is 2.73. The maximum Gasteiger partial charge on any atom is 0.165 e. The Morgan fingerprint density at radius 3 is 2.80 bits per heavy atom. The normalized spacial score (nSPS) is 19.6. The lowest BCUT2D eigenvalue weighted by molar-refractivity contribution is 0.242. The summed E-state index contributed by atoms with van der Waals surface area (Å²) >= 11 is 3.66. The summed E-state index contributed by atoms with van der Waals surface area (Å²) in [5.41, 5.74) is 1.24. The van der Waals surface area contributed by atoms with Crippen LogP contribution < -0.4 is 14.8 Å². The molecule has 5 heteroatoms. The number of ether oxygens (including phenoxy) is 2. The van der Waals surface area contributed by atoms with E-state index in [1.807, 2.05) is 6.07 Å². The van der Waals surface area contributed by atoms with E-state index in [9.17, 15) is 0 Å². The standard InChI is InChI=1S/C15H21BrN2O2/c16-13-2-3-14-15(20-11-1-10-19-14)12(13)4-7-18-8-5-17-6-9-18/h2-3,17H,1,4-11H2. The van der Waals surface area contributed by atoms with E-state index >= 15 is 0 Å². The quantitative estimate of drug-likeness (QED) is 0.913. The highest BCUT2D eigenvalue weighted by Crippen LogP contribution is 2.38. The van der Waals surface area contributed by atoms with Crippen LogP contribution in [0.4, 0.5) is 0 Å². The van der Waals surface area contributed by atoms with Gasteiger partial charge in [0.25, 0.3) is 0 Å². The third-order valence-electron chi connectivity index (χ3n) is 3.85. The first kappa shape index (κ1) is 14.2. The zero-order valence-corrected chi connectivity index (χ0v) is 13.2. The van der Waals surface area contributed by atoms with Crippen molar-refractivity contribution in [1.29, 1.82) is 0 Å². The Morgan fingerprint density at radius 2 is 1.95 bits per heavy atom. The maximum atomic E-state index is 5.91. The van der Waals surface area contributed by atoms with Gasteiger partial charge in [0.05, 0.1) is 13.2 Å². The zero-order chi connectivity index (χ0) is 13.8. The molecule has 0 aromatic heterocycles. The van der Waals surface area contributed by atoms with Crippen molar-refractivity contribution in [3.63, 3.8) is 0 Å². The predicted molar refractivity (Wildman–Crippen MR) is 82.8 cm³/mol. The van der Waals surface area contributed by atoms with Gasteiger partial charge in [-0.2, -0.15) is 0 Å². The lowest BCUT2D eigenvalue weighted by Gasteiger charge is -2.27. The summed E-state index contributed by atoms with van der Waals surface area (Å²) in [5.74, 6) is 1.83. The first-order valence-electron chi connectivity index (χ1n) is 7.34. The van der Waals surface area contributed by atoms with Crippen molar-refractivity contribution >= 4 is 15.9 Å². The molecule has 2 heterocycles. The fraction of sp³-hybridized carbons (Fsp3) is 0.600. The number of nitrogens with one attached hydrogen (secondary N) is 1. The fourth-order valence-electron chi connectivity index (χ4n) is 2.71. The first-order valence-corrected chi connectivity index (χ1v) is 8.14. The van der Waals surface area contributed by atoms with Gasteiger partial charge in [-0.05, 0) is 18.6 Å². The van der Waals surface area contributed by atoms with Crippen LogP contribution in [0.2, 0.25) is 0 Å². The monoisotopic (exact) mass is 340 g/mol. The number of nitrogens with zero attached hydrogens (tertiary/aromatic N) is 1. The van der Waals surface area contributed by atoms with Crippen LogP contribution in [0, 0.1) is 0 Å². The zero-order valence-electron chi connectivity index (χ0n) is 11.7. The van der Waals surface area contributed by atoms with Gasteiger partial charge in [0.15, 0.2) is 11.5 Å². The Bertz CT molecular complexity index is 461. The van der Waals surface area contributed by atoms with E-state index in [1.165, 1.54) is 5.56 Å². The van der Waals surface area contributed by atoms with Crippen molar-refractivity contribution in [3.8, 4) is 11.5 Å². The van der Waals surface area contributed by atoms with E-state index < -0.39 is 0 Å². The minimum atomic E-state index is 0.740. The largest absolute Gasteiger partial charge is 0.490 e. The van der Waals surface area contributed by atoms with Gasteiger partial charge in [-0.25, -0.2) is 0 Å². The number of piperazine rings is 1. The van der Waals surface area contributed by atoms with Gasteiger partial charge < -0.3 is 19.7 Å². The Kier molecular flexibility index (Phi) is 4.81. The van der Waals surface area contributed by atoms with E-state index in [0.29, 0.717) is 0 Å². The molecule has 2 aliphatic rings. The number of hydrogen-bond acceptors (Lipinski definition) is 4. The SMILES string of the molecule is Brc1ccc2c(c1CCN1CCNCC1)OCCCO2. The van der Waals surface area contributed by atoms with Gasteiger partial charge in [-0.1, -0.05) is 15.9 Å². The summed E-state index contributed by atoms with van der Waals surface area (Å²) in [4.78, 5) is 2.50. The third-order valence-corrected chi connectivity index (χ3v) is 4.59. The molecule has 1 aromatic rings. The molecule has 0 radical (unpaired) electrons. The van der Waals surface area contributed by atoms with Crippen LogP contribution in [0.1, 0.15) is 12.0 Å². The molecule has 1 fully saturated rings. The molecule has 2 aliphatic heterocycles. The highest BCUT2D eigenvalue weighted by Gasteiger charge is 2.18. The van der Waals surface area contributed by atoms with Gasteiger partial charge in [0, 0.05) is 49.2 Å². The van der Waals surface area contributed by atoms with Crippen molar-refractivity contribution < 1.29 is 9.47 Å². The topological polar surface area (TPSA) is 33.7 Å². The van der Waals surface area contributed by atoms with Gasteiger partial charge in [-0.15, -0.1) is 0 Å². The summed E-state index contributed by atoms with van der Waals surface area (Å²) in [6, 6.07) is 4.07. The Balaban J connectivity index is 1.74. The molecular formula is C15H21BrN2O2. The van der Waals surface area contributed by atoms with E-state index in [1.54, 1.807) is 0 Å². The molecule has 0 spiro atoms. The molecule has 1 saturated heterocycles. The molecule has 4 nitrogen and oxygen atoms in total. The maximum absolute atomic E-state index is 5.91. The van der Waals surface area contributed by atoms with Crippen LogP contribution in [0.3, 0.4) is 0 Å². The van der Waals surface area contributed by atoms with Crippen LogP contribution in [0.25, 0.3) is 0 Å². The van der Waals surface area contributed by atoms with Crippen molar-refractivity contribution in [3.05, 3.63) is 22.2 Å². The number of fused-ring (bicyclic) bond motifs is 1. The molecule has 110 valence electrons. The second-order valence-corrected chi connectivity index (χ2v) is 6.10. The fourth-order valence-corrected chi connectivity index (χ4v) is 3.22. The summed E-state index contributed by atoms with van der Waals surface area (Å²) < 4.78 is 12.8. The molecule has 20 heavy (non-hydrogen) atoms. The minimum absolute atomic E-state index is 0.740. The Morgan fingerprint density at radius 1 is 1.15 bits per heavy atom. The van der Waals surface area contributed by atoms with Crippen LogP contribution in [-0.2, 0) is 6.42 Å². The molecular weight excluding hydrogens is 320 g/mol. The van der Waals surface area contributed by atoms with Crippen LogP contribution in [-0.4, -0.2) is 50.8 Å². The molecule has 0 unspecified atom stereocenters. The number of hydrogen-bond donors (Lipinski definition) is 1. The van der Waals surface area contributed by atoms with Crippen molar-refractivity contribution in [2.75, 3.05) is 45.9 Å². The van der Waals surface area contributed by atoms with E-state index in [2.05, 4.69) is 32.2 Å². The van der Waals surface area contributed by atoms with Crippen molar-refractivity contribution in [1.82, 2.24) is 10.2 Å². The highest BCUT2D eigenvalue weighted by molar-refractivity contribution is 9.10. The second-order valence-electron chi connectivity index (χ2n) is 5.25. The number of halogens is 1. The van der Waals surface area contributed by atoms with Gasteiger partial charge in [-0.3, -0.25) is 0 Å². The van der Waals surface area contributed by atoms with E-state index in [4.69, 9.17) is 9.47 Å². The minimum Gasteiger partial charge on any atom is -0.490 e. The van der Waals surface area contributed by atoms with E-state index in [0.717, 1.165) is 74.8 Å². The summed E-state index contributed by atoms with van der Waals surface area (Å²) in [6.45, 7) is 6.99. The van der Waals surface area contributed by atoms with Crippen molar-refractivity contribution in [2.24, 2.45) is 0 Å². The number of benzene rings is 1. The van der Waals surface area contributed by atoms with Gasteiger partial charge in [0.1, 0.15) is 0 Å². The molecule has 0 aliphatic carbocycles. The lowest BCUT2D eigenvalue weighted by Crippen LogP contribution is -2.44. The van der Waals surface area contributed by atoms with Crippen LogP contribution >= 0.6 is 15.9 Å².